The van der Waals surface area contributed by atoms with Crippen LogP contribution in [0.5, 0.6) is 5.75 Å². The van der Waals surface area contributed by atoms with Gasteiger partial charge in [0.2, 0.25) is 0 Å². The molecule has 1 heterocycles. The van der Waals surface area contributed by atoms with Crippen LogP contribution in [0.25, 0.3) is 0 Å². The summed E-state index contributed by atoms with van der Waals surface area (Å²) in [5.74, 6) is 1.33. The molecule has 0 saturated carbocycles. The minimum Gasteiger partial charge on any atom is -0.497 e. The topological polar surface area (TPSA) is 53.4 Å². The second-order valence-electron chi connectivity index (χ2n) is 5.15. The molecule has 0 saturated heterocycles. The first-order valence-electron chi connectivity index (χ1n) is 7.47. The van der Waals surface area contributed by atoms with Crippen molar-refractivity contribution in [2.24, 2.45) is 0 Å². The molecule has 1 aromatic heterocycles. The third-order valence-corrected chi connectivity index (χ3v) is 4.21. The zero-order valence-electron chi connectivity index (χ0n) is 13.6. The molecule has 0 fully saturated rings. The molecule has 1 aromatic carbocycles. The van der Waals surface area contributed by atoms with Crippen molar-refractivity contribution in [2.45, 2.75) is 25.5 Å². The molecular formula is C17H22N2O3S. The molecule has 0 amide bonds. The van der Waals surface area contributed by atoms with E-state index >= 15 is 0 Å². The SMILES string of the molecule is COc1ccc([C@@H](OC(=O)CCSC)[C@@H](C)n2cccn2)cc1. The van der Waals surface area contributed by atoms with Crippen LogP contribution in [0.3, 0.4) is 0 Å². The number of carbonyl (C=O) groups excluding carboxylic acids is 1. The summed E-state index contributed by atoms with van der Waals surface area (Å²) in [6.45, 7) is 1.99. The number of aromatic nitrogens is 2. The lowest BCUT2D eigenvalue weighted by atomic mass is 10.0. The summed E-state index contributed by atoms with van der Waals surface area (Å²) in [5, 5.41) is 4.26. The molecule has 23 heavy (non-hydrogen) atoms. The average molecular weight is 334 g/mol. The third-order valence-electron chi connectivity index (χ3n) is 3.59. The first-order chi connectivity index (χ1) is 11.2. The van der Waals surface area contributed by atoms with Crippen LogP contribution in [0.2, 0.25) is 0 Å². The van der Waals surface area contributed by atoms with Crippen LogP contribution in [-0.4, -0.2) is 34.9 Å². The Bertz CT molecular complexity index is 599. The van der Waals surface area contributed by atoms with E-state index in [4.69, 9.17) is 9.47 Å². The molecule has 0 spiro atoms. The highest BCUT2D eigenvalue weighted by Crippen LogP contribution is 2.31. The first kappa shape index (κ1) is 17.4. The Morgan fingerprint density at radius 3 is 2.65 bits per heavy atom. The fraction of sp³-hybridized carbons (Fsp3) is 0.412. The number of nitrogens with zero attached hydrogens (tertiary/aromatic N) is 2. The summed E-state index contributed by atoms with van der Waals surface area (Å²) in [6, 6.07) is 9.34. The predicted molar refractivity (Wildman–Crippen MR) is 91.8 cm³/mol. The van der Waals surface area contributed by atoms with E-state index in [0.29, 0.717) is 6.42 Å². The number of thioether (sulfide) groups is 1. The maximum atomic E-state index is 12.1. The Morgan fingerprint density at radius 1 is 1.35 bits per heavy atom. The molecule has 0 bridgehead atoms. The van der Waals surface area contributed by atoms with E-state index in [0.717, 1.165) is 17.1 Å². The maximum Gasteiger partial charge on any atom is 0.307 e. The van der Waals surface area contributed by atoms with Gasteiger partial charge in [-0.15, -0.1) is 0 Å². The normalized spacial score (nSPS) is 13.3. The van der Waals surface area contributed by atoms with Gasteiger partial charge in [-0.25, -0.2) is 0 Å². The first-order valence-corrected chi connectivity index (χ1v) is 8.86. The van der Waals surface area contributed by atoms with Crippen LogP contribution in [-0.2, 0) is 9.53 Å². The van der Waals surface area contributed by atoms with Crippen LogP contribution >= 0.6 is 11.8 Å². The summed E-state index contributed by atoms with van der Waals surface area (Å²) in [5.41, 5.74) is 0.923. The van der Waals surface area contributed by atoms with Crippen LogP contribution < -0.4 is 4.74 Å². The molecule has 0 N–H and O–H groups in total. The number of esters is 1. The Labute approximate surface area is 141 Å². The largest absolute Gasteiger partial charge is 0.497 e. The van der Waals surface area contributed by atoms with Gasteiger partial charge in [0.05, 0.1) is 19.6 Å². The Hall–Kier alpha value is -1.95. The van der Waals surface area contributed by atoms with Gasteiger partial charge in [-0.3, -0.25) is 9.48 Å². The number of carbonyl (C=O) groups is 1. The van der Waals surface area contributed by atoms with Crippen LogP contribution in [0.1, 0.15) is 31.1 Å². The fourth-order valence-corrected chi connectivity index (χ4v) is 2.66. The standard InChI is InChI=1S/C17H22N2O3S/c1-13(19-11-4-10-18-19)17(22-16(20)9-12-23-3)14-5-7-15(21-2)8-6-14/h4-8,10-11,13,17H,9,12H2,1-3H3/t13-,17+/m1/s1. The summed E-state index contributed by atoms with van der Waals surface area (Å²) in [7, 11) is 1.63. The van der Waals surface area contributed by atoms with E-state index in [2.05, 4.69) is 5.10 Å². The van der Waals surface area contributed by atoms with Crippen molar-refractivity contribution in [1.29, 1.82) is 0 Å². The monoisotopic (exact) mass is 334 g/mol. The van der Waals surface area contributed by atoms with Gasteiger partial charge in [0.15, 0.2) is 0 Å². The molecule has 2 aromatic rings. The van der Waals surface area contributed by atoms with Gasteiger partial charge >= 0.3 is 5.97 Å². The van der Waals surface area contributed by atoms with E-state index in [9.17, 15) is 4.79 Å². The summed E-state index contributed by atoms with van der Waals surface area (Å²) >= 11 is 1.63. The summed E-state index contributed by atoms with van der Waals surface area (Å²) in [4.78, 5) is 12.1. The van der Waals surface area contributed by atoms with Gasteiger partial charge < -0.3 is 9.47 Å². The fourth-order valence-electron chi connectivity index (χ4n) is 2.28. The van der Waals surface area contributed by atoms with Crippen molar-refractivity contribution in [3.8, 4) is 5.75 Å². The maximum absolute atomic E-state index is 12.1. The van der Waals surface area contributed by atoms with E-state index in [1.807, 2.05) is 49.7 Å². The van der Waals surface area contributed by atoms with Gasteiger partial charge in [0.1, 0.15) is 11.9 Å². The molecule has 6 heteroatoms. The molecule has 0 unspecified atom stereocenters. The minimum atomic E-state index is -0.393. The average Bonchev–Trinajstić information content (AvgIpc) is 3.12. The summed E-state index contributed by atoms with van der Waals surface area (Å²) < 4.78 is 12.7. The van der Waals surface area contributed by atoms with Crippen molar-refractivity contribution in [2.75, 3.05) is 19.1 Å². The number of hydrogen-bond acceptors (Lipinski definition) is 5. The van der Waals surface area contributed by atoms with Crippen molar-refractivity contribution in [3.63, 3.8) is 0 Å². The number of rotatable bonds is 8. The zero-order valence-corrected chi connectivity index (χ0v) is 14.5. The minimum absolute atomic E-state index is 0.100. The van der Waals surface area contributed by atoms with Crippen molar-refractivity contribution >= 4 is 17.7 Å². The number of benzene rings is 1. The highest BCUT2D eigenvalue weighted by atomic mass is 32.2. The number of hydrogen-bond donors (Lipinski definition) is 0. The highest BCUT2D eigenvalue weighted by Gasteiger charge is 2.25. The lowest BCUT2D eigenvalue weighted by Crippen LogP contribution is -2.21. The molecule has 2 rings (SSSR count). The van der Waals surface area contributed by atoms with Gasteiger partial charge in [0.25, 0.3) is 0 Å². The van der Waals surface area contributed by atoms with E-state index < -0.39 is 6.10 Å². The molecule has 0 aliphatic rings. The van der Waals surface area contributed by atoms with E-state index in [1.165, 1.54) is 0 Å². The molecular weight excluding hydrogens is 312 g/mol. The molecule has 0 aliphatic heterocycles. The van der Waals surface area contributed by atoms with Crippen molar-refractivity contribution in [3.05, 3.63) is 48.3 Å². The summed E-state index contributed by atoms with van der Waals surface area (Å²) in [6.07, 6.45) is 5.57. The number of ether oxygens (including phenoxy) is 2. The van der Waals surface area contributed by atoms with Crippen molar-refractivity contribution in [1.82, 2.24) is 9.78 Å². The molecule has 0 radical (unpaired) electrons. The highest BCUT2D eigenvalue weighted by molar-refractivity contribution is 7.98. The number of methoxy groups -OCH3 is 1. The van der Waals surface area contributed by atoms with E-state index in [1.54, 1.807) is 29.8 Å². The van der Waals surface area contributed by atoms with Gasteiger partial charge in [0, 0.05) is 18.1 Å². The smallest absolute Gasteiger partial charge is 0.307 e. The zero-order chi connectivity index (χ0) is 16.7. The second-order valence-corrected chi connectivity index (χ2v) is 6.14. The van der Waals surface area contributed by atoms with Crippen LogP contribution in [0.15, 0.2) is 42.7 Å². The Morgan fingerprint density at radius 2 is 2.09 bits per heavy atom. The second kappa shape index (κ2) is 8.62. The van der Waals surface area contributed by atoms with Crippen LogP contribution in [0.4, 0.5) is 0 Å². The lowest BCUT2D eigenvalue weighted by molar-refractivity contribution is -0.151. The molecule has 2 atom stereocenters. The van der Waals surface area contributed by atoms with Crippen LogP contribution in [0, 0.1) is 0 Å². The van der Waals surface area contributed by atoms with Gasteiger partial charge in [-0.1, -0.05) is 12.1 Å². The van der Waals surface area contributed by atoms with Gasteiger partial charge in [-0.2, -0.15) is 16.9 Å². The predicted octanol–water partition coefficient (Wildman–Crippen LogP) is 3.49. The molecule has 124 valence electrons. The lowest BCUT2D eigenvalue weighted by Gasteiger charge is -2.25. The van der Waals surface area contributed by atoms with Gasteiger partial charge in [-0.05, 0) is 36.9 Å². The third kappa shape index (κ3) is 4.76. The Kier molecular flexibility index (Phi) is 6.52. The molecule has 0 aliphatic carbocycles. The quantitative estimate of drug-likeness (QED) is 0.692. The Balaban J connectivity index is 2.20. The van der Waals surface area contributed by atoms with E-state index in [-0.39, 0.29) is 12.0 Å². The van der Waals surface area contributed by atoms with Crippen molar-refractivity contribution < 1.29 is 14.3 Å². The molecule has 5 nitrogen and oxygen atoms in total.